The zero-order chi connectivity index (χ0) is 17.1. The summed E-state index contributed by atoms with van der Waals surface area (Å²) >= 11 is 5.96. The van der Waals surface area contributed by atoms with Crippen LogP contribution in [0.4, 0.5) is 5.69 Å². The van der Waals surface area contributed by atoms with E-state index in [1.807, 2.05) is 6.07 Å². The van der Waals surface area contributed by atoms with Crippen LogP contribution in [0.3, 0.4) is 0 Å². The molecule has 3 aromatic rings. The number of rotatable bonds is 3. The van der Waals surface area contributed by atoms with E-state index >= 15 is 0 Å². The third kappa shape index (κ3) is 3.26. The molecule has 0 unspecified atom stereocenters. The van der Waals surface area contributed by atoms with Crippen molar-refractivity contribution in [2.45, 2.75) is 6.92 Å². The average molecular weight is 338 g/mol. The summed E-state index contributed by atoms with van der Waals surface area (Å²) in [6, 6.07) is 15.7. The lowest BCUT2D eigenvalue weighted by molar-refractivity contribution is 0.102. The molecule has 2 aromatic carbocycles. The SMILES string of the molecule is Cc1nn(-c2cccc(Cl)c2)nc1C(=O)Nc1ccc(C#N)cc1. The van der Waals surface area contributed by atoms with Crippen molar-refractivity contribution >= 4 is 23.2 Å². The number of nitriles is 1. The zero-order valence-corrected chi connectivity index (χ0v) is 13.4. The molecule has 0 aliphatic rings. The smallest absolute Gasteiger partial charge is 0.278 e. The Morgan fingerprint density at radius 2 is 1.96 bits per heavy atom. The van der Waals surface area contributed by atoms with Gasteiger partial charge in [-0.1, -0.05) is 17.7 Å². The molecule has 0 saturated heterocycles. The minimum atomic E-state index is -0.370. The van der Waals surface area contributed by atoms with Crippen molar-refractivity contribution in [3.05, 3.63) is 70.5 Å². The van der Waals surface area contributed by atoms with Crippen LogP contribution in [-0.4, -0.2) is 20.9 Å². The number of halogens is 1. The molecule has 3 rings (SSSR count). The van der Waals surface area contributed by atoms with Crippen LogP contribution < -0.4 is 5.32 Å². The number of aryl methyl sites for hydroxylation is 1. The van der Waals surface area contributed by atoms with Crippen molar-refractivity contribution in [3.63, 3.8) is 0 Å². The topological polar surface area (TPSA) is 83.6 Å². The summed E-state index contributed by atoms with van der Waals surface area (Å²) in [4.78, 5) is 13.8. The van der Waals surface area contributed by atoms with Gasteiger partial charge in [0.1, 0.15) is 0 Å². The predicted molar refractivity (Wildman–Crippen MR) is 90.2 cm³/mol. The monoisotopic (exact) mass is 337 g/mol. The van der Waals surface area contributed by atoms with Crippen molar-refractivity contribution < 1.29 is 4.79 Å². The van der Waals surface area contributed by atoms with Crippen LogP contribution in [0.25, 0.3) is 5.69 Å². The molecule has 0 atom stereocenters. The van der Waals surface area contributed by atoms with Gasteiger partial charge in [0.25, 0.3) is 5.91 Å². The van der Waals surface area contributed by atoms with E-state index in [9.17, 15) is 4.79 Å². The Bertz CT molecular complexity index is 940. The molecule has 0 radical (unpaired) electrons. The molecule has 0 aliphatic heterocycles. The molecular formula is C17H12ClN5O. The number of anilines is 1. The van der Waals surface area contributed by atoms with Crippen LogP contribution in [-0.2, 0) is 0 Å². The summed E-state index contributed by atoms with van der Waals surface area (Å²) in [5.41, 5.74) is 2.50. The van der Waals surface area contributed by atoms with Crippen LogP contribution in [0.2, 0.25) is 5.02 Å². The number of nitrogens with zero attached hydrogens (tertiary/aromatic N) is 4. The van der Waals surface area contributed by atoms with Crippen LogP contribution in [0.5, 0.6) is 0 Å². The Hall–Kier alpha value is -3.17. The summed E-state index contributed by atoms with van der Waals surface area (Å²) in [5, 5.41) is 20.6. The molecule has 0 saturated carbocycles. The predicted octanol–water partition coefficient (Wildman–Crippen LogP) is 3.35. The lowest BCUT2D eigenvalue weighted by atomic mass is 10.2. The number of benzene rings is 2. The number of hydrogen-bond acceptors (Lipinski definition) is 4. The Balaban J connectivity index is 1.84. The highest BCUT2D eigenvalue weighted by molar-refractivity contribution is 6.30. The first-order valence-electron chi connectivity index (χ1n) is 7.08. The van der Waals surface area contributed by atoms with E-state index in [1.165, 1.54) is 4.80 Å². The molecule has 7 heteroatoms. The van der Waals surface area contributed by atoms with Crippen molar-refractivity contribution in [2.24, 2.45) is 0 Å². The summed E-state index contributed by atoms with van der Waals surface area (Å²) in [7, 11) is 0. The van der Waals surface area contributed by atoms with E-state index in [2.05, 4.69) is 15.5 Å². The third-order valence-corrected chi connectivity index (χ3v) is 3.54. The van der Waals surface area contributed by atoms with Crippen molar-refractivity contribution in [1.29, 1.82) is 5.26 Å². The molecule has 0 fully saturated rings. The second kappa shape index (κ2) is 6.52. The van der Waals surface area contributed by atoms with Gasteiger partial charge in [-0.05, 0) is 49.4 Å². The Morgan fingerprint density at radius 3 is 2.62 bits per heavy atom. The first-order chi connectivity index (χ1) is 11.6. The summed E-state index contributed by atoms with van der Waals surface area (Å²) < 4.78 is 0. The first-order valence-corrected chi connectivity index (χ1v) is 7.46. The van der Waals surface area contributed by atoms with E-state index in [-0.39, 0.29) is 11.6 Å². The average Bonchev–Trinajstić information content (AvgIpc) is 2.97. The van der Waals surface area contributed by atoms with Crippen LogP contribution >= 0.6 is 11.6 Å². The molecular weight excluding hydrogens is 326 g/mol. The molecule has 0 aliphatic carbocycles. The molecule has 6 nitrogen and oxygen atoms in total. The van der Waals surface area contributed by atoms with Gasteiger partial charge in [0, 0.05) is 10.7 Å². The Kier molecular flexibility index (Phi) is 4.27. The summed E-state index contributed by atoms with van der Waals surface area (Å²) in [5.74, 6) is -0.370. The maximum absolute atomic E-state index is 12.4. The molecule has 1 N–H and O–H groups in total. The highest BCUT2D eigenvalue weighted by Crippen LogP contribution is 2.15. The summed E-state index contributed by atoms with van der Waals surface area (Å²) in [6.07, 6.45) is 0. The fraction of sp³-hybridized carbons (Fsp3) is 0.0588. The van der Waals surface area contributed by atoms with E-state index in [4.69, 9.17) is 16.9 Å². The zero-order valence-electron chi connectivity index (χ0n) is 12.7. The fourth-order valence-corrected chi connectivity index (χ4v) is 2.31. The maximum atomic E-state index is 12.4. The summed E-state index contributed by atoms with van der Waals surface area (Å²) in [6.45, 7) is 1.71. The third-order valence-electron chi connectivity index (χ3n) is 3.31. The second-order valence-electron chi connectivity index (χ2n) is 5.05. The standard InChI is InChI=1S/C17H12ClN5O/c1-11-16(17(24)20-14-7-5-12(10-19)6-8-14)22-23(21-11)15-4-2-3-13(18)9-15/h2-9H,1H3,(H,20,24). The lowest BCUT2D eigenvalue weighted by Gasteiger charge is -2.03. The van der Waals surface area contributed by atoms with Gasteiger partial charge in [0.05, 0.1) is 23.0 Å². The number of carbonyl (C=O) groups excluding carboxylic acids is 1. The van der Waals surface area contributed by atoms with Gasteiger partial charge < -0.3 is 5.32 Å². The molecule has 118 valence electrons. The van der Waals surface area contributed by atoms with E-state index in [1.54, 1.807) is 55.5 Å². The van der Waals surface area contributed by atoms with Gasteiger partial charge in [-0.3, -0.25) is 4.79 Å². The van der Waals surface area contributed by atoms with Crippen LogP contribution in [0.1, 0.15) is 21.7 Å². The van der Waals surface area contributed by atoms with E-state index in [0.29, 0.717) is 27.7 Å². The van der Waals surface area contributed by atoms with E-state index in [0.717, 1.165) is 0 Å². The molecule has 1 aromatic heterocycles. The number of nitrogens with one attached hydrogen (secondary N) is 1. The highest BCUT2D eigenvalue weighted by atomic mass is 35.5. The largest absolute Gasteiger partial charge is 0.321 e. The lowest BCUT2D eigenvalue weighted by Crippen LogP contribution is -2.14. The first kappa shape index (κ1) is 15.7. The van der Waals surface area contributed by atoms with Gasteiger partial charge in [-0.25, -0.2) is 0 Å². The quantitative estimate of drug-likeness (QED) is 0.794. The van der Waals surface area contributed by atoms with Crippen molar-refractivity contribution in [3.8, 4) is 11.8 Å². The van der Waals surface area contributed by atoms with Gasteiger partial charge in [-0.2, -0.15) is 15.2 Å². The highest BCUT2D eigenvalue weighted by Gasteiger charge is 2.16. The number of amides is 1. The van der Waals surface area contributed by atoms with Crippen molar-refractivity contribution in [2.75, 3.05) is 5.32 Å². The van der Waals surface area contributed by atoms with Crippen molar-refractivity contribution in [1.82, 2.24) is 15.0 Å². The van der Waals surface area contributed by atoms with E-state index < -0.39 is 0 Å². The van der Waals surface area contributed by atoms with Gasteiger partial charge in [0.15, 0.2) is 5.69 Å². The molecule has 0 bridgehead atoms. The minimum absolute atomic E-state index is 0.222. The Morgan fingerprint density at radius 1 is 1.21 bits per heavy atom. The van der Waals surface area contributed by atoms with Gasteiger partial charge in [0.2, 0.25) is 0 Å². The fourth-order valence-electron chi connectivity index (χ4n) is 2.12. The molecule has 1 heterocycles. The number of hydrogen-bond donors (Lipinski definition) is 1. The normalized spacial score (nSPS) is 10.2. The number of carbonyl (C=O) groups is 1. The Labute approximate surface area is 143 Å². The minimum Gasteiger partial charge on any atom is -0.321 e. The molecule has 1 amide bonds. The van der Waals surface area contributed by atoms with Gasteiger partial charge in [-0.15, -0.1) is 5.10 Å². The molecule has 0 spiro atoms. The molecule has 24 heavy (non-hydrogen) atoms. The number of aromatic nitrogens is 3. The second-order valence-corrected chi connectivity index (χ2v) is 5.48. The van der Waals surface area contributed by atoms with Crippen LogP contribution in [0.15, 0.2) is 48.5 Å². The van der Waals surface area contributed by atoms with Gasteiger partial charge >= 0.3 is 0 Å². The van der Waals surface area contributed by atoms with Crippen LogP contribution in [0, 0.1) is 18.3 Å². The maximum Gasteiger partial charge on any atom is 0.278 e.